The van der Waals surface area contributed by atoms with Crippen LogP contribution >= 0.6 is 0 Å². The SMILES string of the molecule is COC(=O)c1cc(C)ccc1NC(=O)NC1CCC1. The molecule has 2 rings (SSSR count). The van der Waals surface area contributed by atoms with Gasteiger partial charge in [-0.05, 0) is 38.3 Å². The first kappa shape index (κ1) is 13.4. The van der Waals surface area contributed by atoms with Crippen LogP contribution in [0, 0.1) is 6.92 Å². The minimum absolute atomic E-state index is 0.257. The van der Waals surface area contributed by atoms with Gasteiger partial charge in [0.2, 0.25) is 0 Å². The van der Waals surface area contributed by atoms with Gasteiger partial charge in [0.15, 0.2) is 0 Å². The van der Waals surface area contributed by atoms with E-state index in [1.54, 1.807) is 12.1 Å². The fourth-order valence-electron chi connectivity index (χ4n) is 1.94. The fraction of sp³-hybridized carbons (Fsp3) is 0.429. The van der Waals surface area contributed by atoms with Crippen LogP contribution in [0.4, 0.5) is 10.5 Å². The molecule has 0 atom stereocenters. The van der Waals surface area contributed by atoms with Crippen molar-refractivity contribution in [2.24, 2.45) is 0 Å². The van der Waals surface area contributed by atoms with Crippen LogP contribution in [0.5, 0.6) is 0 Å². The van der Waals surface area contributed by atoms with Gasteiger partial charge in [0.1, 0.15) is 0 Å². The molecule has 1 saturated carbocycles. The van der Waals surface area contributed by atoms with Crippen molar-refractivity contribution in [3.63, 3.8) is 0 Å². The zero-order valence-electron chi connectivity index (χ0n) is 11.2. The molecule has 0 saturated heterocycles. The molecule has 1 fully saturated rings. The first-order valence-electron chi connectivity index (χ1n) is 6.36. The Labute approximate surface area is 112 Å². The number of esters is 1. The molecule has 5 nitrogen and oxygen atoms in total. The summed E-state index contributed by atoms with van der Waals surface area (Å²) in [7, 11) is 1.32. The summed E-state index contributed by atoms with van der Waals surface area (Å²) < 4.78 is 4.72. The number of urea groups is 1. The van der Waals surface area contributed by atoms with Gasteiger partial charge in [0.25, 0.3) is 0 Å². The van der Waals surface area contributed by atoms with E-state index in [0.717, 1.165) is 24.8 Å². The Morgan fingerprint density at radius 3 is 2.63 bits per heavy atom. The highest BCUT2D eigenvalue weighted by atomic mass is 16.5. The number of aryl methyl sites for hydroxylation is 1. The van der Waals surface area contributed by atoms with Gasteiger partial charge in [-0.15, -0.1) is 0 Å². The van der Waals surface area contributed by atoms with Crippen LogP contribution in [-0.4, -0.2) is 25.2 Å². The molecule has 0 unspecified atom stereocenters. The first-order valence-corrected chi connectivity index (χ1v) is 6.36. The van der Waals surface area contributed by atoms with Gasteiger partial charge >= 0.3 is 12.0 Å². The Balaban J connectivity index is 2.09. The standard InChI is InChI=1S/C14H18N2O3/c1-9-6-7-12(11(8-9)13(17)19-2)16-14(18)15-10-4-3-5-10/h6-8,10H,3-5H2,1-2H3,(H2,15,16,18). The van der Waals surface area contributed by atoms with Gasteiger partial charge in [-0.3, -0.25) is 0 Å². The summed E-state index contributed by atoms with van der Waals surface area (Å²) in [5.41, 5.74) is 1.77. The lowest BCUT2D eigenvalue weighted by atomic mass is 9.93. The molecule has 0 heterocycles. The van der Waals surface area contributed by atoms with E-state index >= 15 is 0 Å². The molecular formula is C14H18N2O3. The molecule has 2 N–H and O–H groups in total. The highest BCUT2D eigenvalue weighted by molar-refractivity contribution is 6.01. The zero-order valence-corrected chi connectivity index (χ0v) is 11.2. The number of anilines is 1. The highest BCUT2D eigenvalue weighted by Gasteiger charge is 2.20. The Hall–Kier alpha value is -2.04. The normalized spacial score (nSPS) is 14.4. The summed E-state index contributed by atoms with van der Waals surface area (Å²) in [6, 6.07) is 5.23. The first-order chi connectivity index (χ1) is 9.10. The number of hydrogen-bond acceptors (Lipinski definition) is 3. The second-order valence-corrected chi connectivity index (χ2v) is 4.77. The van der Waals surface area contributed by atoms with E-state index in [9.17, 15) is 9.59 Å². The van der Waals surface area contributed by atoms with Crippen LogP contribution < -0.4 is 10.6 Å². The molecule has 1 aliphatic carbocycles. The summed E-state index contributed by atoms with van der Waals surface area (Å²) in [6.07, 6.45) is 3.19. The summed E-state index contributed by atoms with van der Waals surface area (Å²) in [6.45, 7) is 1.88. The van der Waals surface area contributed by atoms with Gasteiger partial charge in [-0.1, -0.05) is 11.6 Å². The minimum Gasteiger partial charge on any atom is -0.465 e. The number of carbonyl (C=O) groups excluding carboxylic acids is 2. The predicted molar refractivity (Wildman–Crippen MR) is 72.3 cm³/mol. The Morgan fingerprint density at radius 2 is 2.05 bits per heavy atom. The molecule has 5 heteroatoms. The van der Waals surface area contributed by atoms with Crippen molar-refractivity contribution in [3.05, 3.63) is 29.3 Å². The van der Waals surface area contributed by atoms with Gasteiger partial charge < -0.3 is 15.4 Å². The zero-order chi connectivity index (χ0) is 13.8. The third-order valence-corrected chi connectivity index (χ3v) is 3.27. The Bertz CT molecular complexity index is 495. The topological polar surface area (TPSA) is 67.4 Å². The summed E-state index contributed by atoms with van der Waals surface area (Å²) in [5, 5.41) is 5.56. The maximum absolute atomic E-state index is 11.8. The molecule has 1 aromatic carbocycles. The predicted octanol–water partition coefficient (Wildman–Crippen LogP) is 2.46. The summed E-state index contributed by atoms with van der Waals surface area (Å²) >= 11 is 0. The summed E-state index contributed by atoms with van der Waals surface area (Å²) in [5.74, 6) is -0.456. The monoisotopic (exact) mass is 262 g/mol. The molecule has 0 radical (unpaired) electrons. The van der Waals surface area contributed by atoms with Crippen molar-refractivity contribution in [2.45, 2.75) is 32.2 Å². The number of ether oxygens (including phenoxy) is 1. The molecule has 1 aromatic rings. The van der Waals surface area contributed by atoms with Crippen LogP contribution in [0.2, 0.25) is 0 Å². The van der Waals surface area contributed by atoms with Crippen LogP contribution in [0.15, 0.2) is 18.2 Å². The van der Waals surface area contributed by atoms with Crippen LogP contribution in [-0.2, 0) is 4.74 Å². The van der Waals surface area contributed by atoms with Crippen molar-refractivity contribution in [2.75, 3.05) is 12.4 Å². The molecule has 19 heavy (non-hydrogen) atoms. The maximum Gasteiger partial charge on any atom is 0.339 e. The van der Waals surface area contributed by atoms with Gasteiger partial charge in [0.05, 0.1) is 18.4 Å². The van der Waals surface area contributed by atoms with Crippen LogP contribution in [0.3, 0.4) is 0 Å². The fourth-order valence-corrected chi connectivity index (χ4v) is 1.94. The van der Waals surface area contributed by atoms with Crippen molar-refractivity contribution in [3.8, 4) is 0 Å². The number of hydrogen-bond donors (Lipinski definition) is 2. The molecule has 0 aliphatic heterocycles. The van der Waals surface area contributed by atoms with E-state index in [1.165, 1.54) is 7.11 Å². The lowest BCUT2D eigenvalue weighted by Crippen LogP contribution is -2.42. The lowest BCUT2D eigenvalue weighted by molar-refractivity contribution is 0.0602. The molecule has 2 amide bonds. The molecule has 0 bridgehead atoms. The number of nitrogens with one attached hydrogen (secondary N) is 2. The molecular weight excluding hydrogens is 244 g/mol. The van der Waals surface area contributed by atoms with E-state index < -0.39 is 5.97 Å². The van der Waals surface area contributed by atoms with Crippen molar-refractivity contribution in [1.29, 1.82) is 0 Å². The second kappa shape index (κ2) is 5.73. The third-order valence-electron chi connectivity index (χ3n) is 3.27. The van der Waals surface area contributed by atoms with Crippen molar-refractivity contribution < 1.29 is 14.3 Å². The van der Waals surface area contributed by atoms with E-state index in [4.69, 9.17) is 4.74 Å². The van der Waals surface area contributed by atoms with Crippen LogP contribution in [0.25, 0.3) is 0 Å². The van der Waals surface area contributed by atoms with Gasteiger partial charge in [0, 0.05) is 6.04 Å². The summed E-state index contributed by atoms with van der Waals surface area (Å²) in [4.78, 5) is 23.5. The Kier molecular flexibility index (Phi) is 4.04. The number of amides is 2. The van der Waals surface area contributed by atoms with Crippen molar-refractivity contribution in [1.82, 2.24) is 5.32 Å². The minimum atomic E-state index is -0.456. The third kappa shape index (κ3) is 3.24. The number of methoxy groups -OCH3 is 1. The molecule has 1 aliphatic rings. The lowest BCUT2D eigenvalue weighted by Gasteiger charge is -2.26. The number of carbonyl (C=O) groups is 2. The van der Waals surface area contributed by atoms with E-state index in [2.05, 4.69) is 10.6 Å². The number of rotatable bonds is 3. The average molecular weight is 262 g/mol. The molecule has 0 spiro atoms. The highest BCUT2D eigenvalue weighted by Crippen LogP contribution is 2.20. The average Bonchev–Trinajstić information content (AvgIpc) is 2.35. The quantitative estimate of drug-likeness (QED) is 0.822. The van der Waals surface area contributed by atoms with Crippen LogP contribution in [0.1, 0.15) is 35.2 Å². The van der Waals surface area contributed by atoms with E-state index in [1.807, 2.05) is 13.0 Å². The number of benzene rings is 1. The van der Waals surface area contributed by atoms with Gasteiger partial charge in [-0.25, -0.2) is 9.59 Å². The maximum atomic E-state index is 11.8. The van der Waals surface area contributed by atoms with E-state index in [-0.39, 0.29) is 12.1 Å². The van der Waals surface area contributed by atoms with Crippen molar-refractivity contribution >= 4 is 17.7 Å². The molecule has 0 aromatic heterocycles. The van der Waals surface area contributed by atoms with Gasteiger partial charge in [-0.2, -0.15) is 0 Å². The smallest absolute Gasteiger partial charge is 0.339 e. The second-order valence-electron chi connectivity index (χ2n) is 4.77. The largest absolute Gasteiger partial charge is 0.465 e. The van der Waals surface area contributed by atoms with E-state index in [0.29, 0.717) is 11.3 Å². The Morgan fingerprint density at radius 1 is 1.32 bits per heavy atom. The molecule has 102 valence electrons.